The van der Waals surface area contributed by atoms with Gasteiger partial charge in [-0.15, -0.1) is 0 Å². The summed E-state index contributed by atoms with van der Waals surface area (Å²) < 4.78 is 11.5. The maximum absolute atomic E-state index is 13.1. The summed E-state index contributed by atoms with van der Waals surface area (Å²) in [6.45, 7) is 4.10. The highest BCUT2D eigenvalue weighted by Gasteiger charge is 2.27. The van der Waals surface area contributed by atoms with E-state index in [1.54, 1.807) is 12.1 Å². The second kappa shape index (κ2) is 6.93. The van der Waals surface area contributed by atoms with Gasteiger partial charge in [0.1, 0.15) is 10.7 Å². The molecule has 142 valence electrons. The van der Waals surface area contributed by atoms with Crippen molar-refractivity contribution in [2.45, 2.75) is 20.4 Å². The number of nitro groups is 1. The van der Waals surface area contributed by atoms with Crippen LogP contribution in [0.3, 0.4) is 0 Å². The number of amides is 1. The molecule has 4 aromatic rings. The van der Waals surface area contributed by atoms with Crippen molar-refractivity contribution in [3.63, 3.8) is 0 Å². The first-order valence-electron chi connectivity index (χ1n) is 8.38. The van der Waals surface area contributed by atoms with Crippen LogP contribution in [0.5, 0.6) is 0 Å². The maximum atomic E-state index is 13.1. The van der Waals surface area contributed by atoms with E-state index in [9.17, 15) is 14.9 Å². The summed E-state index contributed by atoms with van der Waals surface area (Å²) in [6.07, 6.45) is 1.52. The zero-order chi connectivity index (χ0) is 19.8. The minimum atomic E-state index is -0.683. The number of carbonyl (C=O) groups is 1. The van der Waals surface area contributed by atoms with Crippen LogP contribution < -0.4 is 4.90 Å². The normalized spacial score (nSPS) is 11.1. The first kappa shape index (κ1) is 17.9. The van der Waals surface area contributed by atoms with Crippen LogP contribution >= 0.6 is 11.3 Å². The predicted molar refractivity (Wildman–Crippen MR) is 104 cm³/mol. The summed E-state index contributed by atoms with van der Waals surface area (Å²) in [5.41, 5.74) is 2.94. The highest BCUT2D eigenvalue weighted by Crippen LogP contribution is 2.34. The molecule has 1 amide bonds. The molecule has 3 aromatic heterocycles. The van der Waals surface area contributed by atoms with E-state index in [0.29, 0.717) is 10.9 Å². The summed E-state index contributed by atoms with van der Waals surface area (Å²) in [5.74, 6) is -0.595. The first-order chi connectivity index (χ1) is 13.4. The Morgan fingerprint density at radius 3 is 2.79 bits per heavy atom. The van der Waals surface area contributed by atoms with Gasteiger partial charge in [0, 0.05) is 0 Å². The number of hydrogen-bond acceptors (Lipinski definition) is 7. The molecule has 3 heterocycles. The average Bonchev–Trinajstić information content (AvgIpc) is 3.38. The lowest BCUT2D eigenvalue weighted by Gasteiger charge is -2.17. The van der Waals surface area contributed by atoms with Gasteiger partial charge in [0.25, 0.3) is 5.91 Å². The second-order valence-electron chi connectivity index (χ2n) is 6.29. The van der Waals surface area contributed by atoms with Gasteiger partial charge in [0.2, 0.25) is 0 Å². The van der Waals surface area contributed by atoms with Crippen LogP contribution in [0.4, 0.5) is 11.0 Å². The van der Waals surface area contributed by atoms with Gasteiger partial charge in [-0.2, -0.15) is 0 Å². The number of aromatic nitrogens is 1. The molecule has 0 saturated carbocycles. The van der Waals surface area contributed by atoms with Crippen molar-refractivity contribution >= 4 is 38.5 Å². The number of anilines is 1. The lowest BCUT2D eigenvalue weighted by molar-refractivity contribution is -0.402. The molecule has 0 fully saturated rings. The van der Waals surface area contributed by atoms with E-state index < -0.39 is 16.7 Å². The van der Waals surface area contributed by atoms with E-state index >= 15 is 0 Å². The third-order valence-corrected chi connectivity index (χ3v) is 5.39. The topological polar surface area (TPSA) is 103 Å². The zero-order valence-electron chi connectivity index (χ0n) is 15.0. The highest BCUT2D eigenvalue weighted by molar-refractivity contribution is 7.22. The maximum Gasteiger partial charge on any atom is 0.433 e. The molecule has 0 atom stereocenters. The molecular weight excluding hydrogens is 382 g/mol. The molecule has 4 rings (SSSR count). The number of furan rings is 2. The molecule has 1 aromatic carbocycles. The fraction of sp³-hybridized carbons (Fsp3) is 0.158. The van der Waals surface area contributed by atoms with Crippen molar-refractivity contribution in [1.82, 2.24) is 4.98 Å². The van der Waals surface area contributed by atoms with Crippen molar-refractivity contribution in [3.05, 3.63) is 75.4 Å². The molecule has 0 saturated heterocycles. The first-order valence-corrected chi connectivity index (χ1v) is 9.20. The number of hydrogen-bond donors (Lipinski definition) is 0. The number of thiazole rings is 1. The van der Waals surface area contributed by atoms with Crippen molar-refractivity contribution in [2.75, 3.05) is 4.90 Å². The Labute approximate surface area is 163 Å². The van der Waals surface area contributed by atoms with E-state index in [1.165, 1.54) is 28.6 Å². The lowest BCUT2D eigenvalue weighted by Crippen LogP contribution is -2.29. The number of fused-ring (bicyclic) bond motifs is 1. The van der Waals surface area contributed by atoms with E-state index in [0.717, 1.165) is 27.4 Å². The third-order valence-electron chi connectivity index (χ3n) is 4.16. The number of rotatable bonds is 5. The Kier molecular flexibility index (Phi) is 4.44. The van der Waals surface area contributed by atoms with E-state index in [4.69, 9.17) is 8.83 Å². The number of nitrogens with zero attached hydrogens (tertiary/aromatic N) is 3. The fourth-order valence-corrected chi connectivity index (χ4v) is 3.95. The molecular formula is C19H15N3O5S. The third kappa shape index (κ3) is 3.27. The molecule has 9 heteroatoms. The summed E-state index contributed by atoms with van der Waals surface area (Å²) in [7, 11) is 0. The van der Waals surface area contributed by atoms with Gasteiger partial charge in [-0.3, -0.25) is 19.8 Å². The molecule has 0 bridgehead atoms. The van der Waals surface area contributed by atoms with Crippen molar-refractivity contribution in [3.8, 4) is 0 Å². The lowest BCUT2D eigenvalue weighted by atomic mass is 10.1. The molecule has 0 aliphatic carbocycles. The van der Waals surface area contributed by atoms with Gasteiger partial charge in [-0.25, -0.2) is 4.98 Å². The van der Waals surface area contributed by atoms with Crippen molar-refractivity contribution < 1.29 is 18.6 Å². The smallest absolute Gasteiger partial charge is 0.433 e. The van der Waals surface area contributed by atoms with Crippen LogP contribution in [-0.4, -0.2) is 15.8 Å². The summed E-state index contributed by atoms with van der Waals surface area (Å²) in [4.78, 5) is 29.3. The minimum absolute atomic E-state index is 0.123. The Morgan fingerprint density at radius 2 is 2.11 bits per heavy atom. The van der Waals surface area contributed by atoms with E-state index in [2.05, 4.69) is 11.1 Å². The van der Waals surface area contributed by atoms with Crippen LogP contribution in [0.25, 0.3) is 10.2 Å². The van der Waals surface area contributed by atoms with Gasteiger partial charge in [0.15, 0.2) is 10.9 Å². The van der Waals surface area contributed by atoms with Gasteiger partial charge < -0.3 is 8.83 Å². The van der Waals surface area contributed by atoms with Gasteiger partial charge in [-0.1, -0.05) is 17.4 Å². The summed E-state index contributed by atoms with van der Waals surface area (Å²) >= 11 is 1.38. The standard InChI is InChI=1S/C19H15N3O5S/c1-11-8-12(2)17-14(9-11)20-19(28-17)21(10-13-4-3-7-26-13)18(23)15-5-6-16(27-15)22(24)25/h3-9H,10H2,1-2H3. The largest absolute Gasteiger partial charge is 0.467 e. The molecule has 0 spiro atoms. The zero-order valence-corrected chi connectivity index (χ0v) is 15.9. The highest BCUT2D eigenvalue weighted by atomic mass is 32.1. The van der Waals surface area contributed by atoms with E-state index in [1.807, 2.05) is 19.9 Å². The fourth-order valence-electron chi connectivity index (χ4n) is 2.94. The van der Waals surface area contributed by atoms with Crippen LogP contribution in [-0.2, 0) is 6.54 Å². The predicted octanol–water partition coefficient (Wildman–Crippen LogP) is 4.85. The van der Waals surface area contributed by atoms with Gasteiger partial charge in [0.05, 0.1) is 29.1 Å². The average molecular weight is 397 g/mol. The number of aryl methyl sites for hydroxylation is 2. The molecule has 0 radical (unpaired) electrons. The van der Waals surface area contributed by atoms with Crippen LogP contribution in [0, 0.1) is 24.0 Å². The molecule has 28 heavy (non-hydrogen) atoms. The second-order valence-corrected chi connectivity index (χ2v) is 7.27. The van der Waals surface area contributed by atoms with Crippen molar-refractivity contribution in [2.24, 2.45) is 0 Å². The van der Waals surface area contributed by atoms with Crippen LogP contribution in [0.15, 0.2) is 51.5 Å². The number of benzene rings is 1. The van der Waals surface area contributed by atoms with Crippen LogP contribution in [0.2, 0.25) is 0 Å². The summed E-state index contributed by atoms with van der Waals surface area (Å²) in [5, 5.41) is 11.3. The van der Waals surface area contributed by atoms with Crippen LogP contribution in [0.1, 0.15) is 27.4 Å². The Bertz CT molecular complexity index is 1180. The Balaban J connectivity index is 1.78. The molecule has 0 aliphatic rings. The van der Waals surface area contributed by atoms with Gasteiger partial charge in [-0.05, 0) is 49.2 Å². The van der Waals surface area contributed by atoms with Crippen molar-refractivity contribution in [1.29, 1.82) is 0 Å². The SMILES string of the molecule is Cc1cc(C)c2sc(N(Cc3ccco3)C(=O)c3ccc([N+](=O)[O-])o3)nc2c1. The Hall–Kier alpha value is -3.46. The number of carbonyl (C=O) groups excluding carboxylic acids is 1. The molecule has 0 N–H and O–H groups in total. The minimum Gasteiger partial charge on any atom is -0.467 e. The molecule has 8 nitrogen and oxygen atoms in total. The van der Waals surface area contributed by atoms with Gasteiger partial charge >= 0.3 is 5.88 Å². The molecule has 0 aliphatic heterocycles. The van der Waals surface area contributed by atoms with E-state index in [-0.39, 0.29) is 12.3 Å². The monoisotopic (exact) mass is 397 g/mol. The Morgan fingerprint density at radius 1 is 1.29 bits per heavy atom. The summed E-state index contributed by atoms with van der Waals surface area (Å²) in [6, 6.07) is 9.92. The quantitative estimate of drug-likeness (QED) is 0.352. The molecule has 0 unspecified atom stereocenters.